The number of rotatable bonds is 0. The average Bonchev–Trinajstić information content (AvgIpc) is 2.57. The molecule has 0 bridgehead atoms. The zero-order valence-corrected chi connectivity index (χ0v) is 6.05. The van der Waals surface area contributed by atoms with E-state index in [-0.39, 0.29) is 5.72 Å². The number of likely N-dealkylation sites (N-methyl/N-ethyl adjacent to an activating group) is 1. The van der Waals surface area contributed by atoms with E-state index in [9.17, 15) is 0 Å². The second kappa shape index (κ2) is 1.50. The van der Waals surface area contributed by atoms with Crippen LogP contribution in [0.3, 0.4) is 0 Å². The summed E-state index contributed by atoms with van der Waals surface area (Å²) in [4.78, 5) is 2.35. The molecule has 1 aliphatic carbocycles. The Kier molecular flexibility index (Phi) is 0.945. The van der Waals surface area contributed by atoms with E-state index in [1.165, 1.54) is 12.8 Å². The molecule has 0 radical (unpaired) electrons. The number of nitrogens with zero attached hydrogens (tertiary/aromatic N) is 1. The predicted molar refractivity (Wildman–Crippen MR) is 35.1 cm³/mol. The first-order chi connectivity index (χ1) is 4.25. The molecule has 0 aromatic rings. The summed E-state index contributed by atoms with van der Waals surface area (Å²) in [5.74, 6) is 0. The van der Waals surface area contributed by atoms with Gasteiger partial charge in [0.1, 0.15) is 5.72 Å². The second-order valence-electron chi connectivity index (χ2n) is 3.22. The summed E-state index contributed by atoms with van der Waals surface area (Å²) in [6, 6.07) is 0.632. The van der Waals surface area contributed by atoms with E-state index in [0.29, 0.717) is 6.04 Å². The van der Waals surface area contributed by atoms with E-state index >= 15 is 0 Å². The Balaban J connectivity index is 2.13. The van der Waals surface area contributed by atoms with Gasteiger partial charge in [-0.25, -0.2) is 0 Å². The summed E-state index contributed by atoms with van der Waals surface area (Å²) in [6.45, 7) is 3.14. The Labute approximate surface area is 55.8 Å². The van der Waals surface area contributed by atoms with Gasteiger partial charge in [-0.05, 0) is 26.8 Å². The van der Waals surface area contributed by atoms with Crippen molar-refractivity contribution in [3.05, 3.63) is 0 Å². The zero-order chi connectivity index (χ0) is 6.48. The van der Waals surface area contributed by atoms with E-state index in [2.05, 4.69) is 18.9 Å². The van der Waals surface area contributed by atoms with Crippen LogP contribution in [0.1, 0.15) is 19.8 Å². The van der Waals surface area contributed by atoms with Crippen LogP contribution in [-0.4, -0.2) is 30.3 Å². The summed E-state index contributed by atoms with van der Waals surface area (Å²) >= 11 is 0. The zero-order valence-electron chi connectivity index (χ0n) is 6.05. The van der Waals surface area contributed by atoms with E-state index in [4.69, 9.17) is 4.74 Å². The molecule has 9 heavy (non-hydrogen) atoms. The van der Waals surface area contributed by atoms with Crippen LogP contribution in [0.2, 0.25) is 0 Å². The second-order valence-corrected chi connectivity index (χ2v) is 3.22. The fourth-order valence-electron chi connectivity index (χ4n) is 1.49. The largest absolute Gasteiger partial charge is 0.359 e. The van der Waals surface area contributed by atoms with Crippen LogP contribution in [-0.2, 0) is 4.74 Å². The molecule has 1 spiro atoms. The molecule has 0 N–H and O–H groups in total. The molecule has 52 valence electrons. The standard InChI is InChI=1S/C7H13NO/c1-6-5-9-7(3-4-7)8(6)2/h6H,3-5H2,1-2H3/t6-/m1/s1. The molecule has 2 rings (SSSR count). The van der Waals surface area contributed by atoms with Crippen LogP contribution in [0.15, 0.2) is 0 Å². The van der Waals surface area contributed by atoms with Gasteiger partial charge >= 0.3 is 0 Å². The molecule has 1 aliphatic heterocycles. The Bertz CT molecular complexity index is 131. The minimum atomic E-state index is 0.208. The van der Waals surface area contributed by atoms with Crippen molar-refractivity contribution in [2.45, 2.75) is 31.5 Å². The fraction of sp³-hybridized carbons (Fsp3) is 1.00. The molecule has 2 aliphatic rings. The third-order valence-corrected chi connectivity index (χ3v) is 2.57. The van der Waals surface area contributed by atoms with Gasteiger partial charge < -0.3 is 4.74 Å². The highest BCUT2D eigenvalue weighted by Crippen LogP contribution is 2.46. The molecule has 2 fully saturated rings. The summed E-state index contributed by atoms with van der Waals surface area (Å²) in [6.07, 6.45) is 2.49. The monoisotopic (exact) mass is 127 g/mol. The number of hydrogen-bond donors (Lipinski definition) is 0. The Morgan fingerprint density at radius 1 is 1.56 bits per heavy atom. The van der Waals surface area contributed by atoms with Crippen molar-refractivity contribution < 1.29 is 4.74 Å². The quantitative estimate of drug-likeness (QED) is 0.478. The number of hydrogen-bond acceptors (Lipinski definition) is 2. The fourth-order valence-corrected chi connectivity index (χ4v) is 1.49. The normalized spacial score (nSPS) is 40.0. The molecule has 1 heterocycles. The molecule has 2 nitrogen and oxygen atoms in total. The summed E-state index contributed by atoms with van der Waals surface area (Å²) in [5, 5.41) is 0. The van der Waals surface area contributed by atoms with E-state index < -0.39 is 0 Å². The smallest absolute Gasteiger partial charge is 0.122 e. The highest BCUT2D eigenvalue weighted by molar-refractivity contribution is 4.99. The summed E-state index contributed by atoms with van der Waals surface area (Å²) in [5.41, 5.74) is 0.208. The molecule has 1 saturated heterocycles. The minimum Gasteiger partial charge on any atom is -0.359 e. The SMILES string of the molecule is C[C@@H]1COC2(CC2)N1C. The van der Waals surface area contributed by atoms with Crippen LogP contribution in [0.25, 0.3) is 0 Å². The van der Waals surface area contributed by atoms with Gasteiger partial charge in [-0.2, -0.15) is 0 Å². The van der Waals surface area contributed by atoms with Gasteiger partial charge in [-0.3, -0.25) is 4.90 Å². The molecule has 0 aromatic carbocycles. The van der Waals surface area contributed by atoms with E-state index in [1.54, 1.807) is 0 Å². The lowest BCUT2D eigenvalue weighted by atomic mass is 10.3. The molecular weight excluding hydrogens is 114 g/mol. The third-order valence-electron chi connectivity index (χ3n) is 2.57. The highest BCUT2D eigenvalue weighted by atomic mass is 16.5. The Morgan fingerprint density at radius 3 is 2.44 bits per heavy atom. The molecule has 2 heteroatoms. The Morgan fingerprint density at radius 2 is 2.22 bits per heavy atom. The van der Waals surface area contributed by atoms with Gasteiger partial charge in [0.05, 0.1) is 6.61 Å². The molecule has 1 saturated carbocycles. The van der Waals surface area contributed by atoms with E-state index in [1.807, 2.05) is 0 Å². The first-order valence-electron chi connectivity index (χ1n) is 3.61. The lowest BCUT2D eigenvalue weighted by Gasteiger charge is -2.19. The molecule has 1 atom stereocenters. The first-order valence-corrected chi connectivity index (χ1v) is 3.61. The van der Waals surface area contributed by atoms with Crippen molar-refractivity contribution in [3.8, 4) is 0 Å². The van der Waals surface area contributed by atoms with Gasteiger partial charge in [0.15, 0.2) is 0 Å². The van der Waals surface area contributed by atoms with Gasteiger partial charge in [-0.15, -0.1) is 0 Å². The van der Waals surface area contributed by atoms with Crippen LogP contribution in [0.5, 0.6) is 0 Å². The van der Waals surface area contributed by atoms with Crippen molar-refractivity contribution in [1.82, 2.24) is 4.90 Å². The maximum absolute atomic E-state index is 5.60. The third kappa shape index (κ3) is 0.634. The number of ether oxygens (including phenoxy) is 1. The molecule has 0 amide bonds. The lowest BCUT2D eigenvalue weighted by molar-refractivity contribution is 0.0191. The van der Waals surface area contributed by atoms with Crippen molar-refractivity contribution in [2.24, 2.45) is 0 Å². The maximum Gasteiger partial charge on any atom is 0.122 e. The summed E-state index contributed by atoms with van der Waals surface area (Å²) < 4.78 is 5.60. The highest BCUT2D eigenvalue weighted by Gasteiger charge is 2.53. The van der Waals surface area contributed by atoms with E-state index in [0.717, 1.165) is 6.61 Å². The van der Waals surface area contributed by atoms with Gasteiger partial charge in [0.2, 0.25) is 0 Å². The topological polar surface area (TPSA) is 12.5 Å². The van der Waals surface area contributed by atoms with Crippen LogP contribution in [0, 0.1) is 0 Å². The average molecular weight is 127 g/mol. The van der Waals surface area contributed by atoms with Crippen molar-refractivity contribution in [1.29, 1.82) is 0 Å². The lowest BCUT2D eigenvalue weighted by Crippen LogP contribution is -2.32. The maximum atomic E-state index is 5.60. The van der Waals surface area contributed by atoms with Gasteiger partial charge in [0, 0.05) is 6.04 Å². The molecule has 0 unspecified atom stereocenters. The van der Waals surface area contributed by atoms with Crippen molar-refractivity contribution in [3.63, 3.8) is 0 Å². The first kappa shape index (κ1) is 5.69. The summed E-state index contributed by atoms with van der Waals surface area (Å²) in [7, 11) is 2.16. The van der Waals surface area contributed by atoms with Crippen LogP contribution in [0.4, 0.5) is 0 Å². The molecule has 0 aromatic heterocycles. The Hall–Kier alpha value is -0.0800. The van der Waals surface area contributed by atoms with Crippen LogP contribution >= 0.6 is 0 Å². The minimum absolute atomic E-state index is 0.208. The predicted octanol–water partition coefficient (Wildman–Crippen LogP) is 0.827. The molecular formula is C7H13NO. The van der Waals surface area contributed by atoms with Crippen molar-refractivity contribution in [2.75, 3.05) is 13.7 Å². The van der Waals surface area contributed by atoms with Gasteiger partial charge in [0.25, 0.3) is 0 Å². The van der Waals surface area contributed by atoms with Crippen molar-refractivity contribution >= 4 is 0 Å². The van der Waals surface area contributed by atoms with Crippen LogP contribution < -0.4 is 0 Å². The van der Waals surface area contributed by atoms with Gasteiger partial charge in [-0.1, -0.05) is 0 Å².